The summed E-state index contributed by atoms with van der Waals surface area (Å²) < 4.78 is 5.85. The van der Waals surface area contributed by atoms with Gasteiger partial charge in [0.15, 0.2) is 6.10 Å². The zero-order valence-corrected chi connectivity index (χ0v) is 17.7. The van der Waals surface area contributed by atoms with Crippen molar-refractivity contribution in [1.82, 2.24) is 10.2 Å². The topological polar surface area (TPSA) is 79.0 Å². The summed E-state index contributed by atoms with van der Waals surface area (Å²) in [5.41, 5.74) is 1.55. The van der Waals surface area contributed by atoms with Crippen molar-refractivity contribution in [3.63, 3.8) is 0 Å². The molecule has 0 aliphatic carbocycles. The first-order chi connectivity index (χ1) is 14.4. The summed E-state index contributed by atoms with van der Waals surface area (Å²) >= 11 is 5.86. The van der Waals surface area contributed by atoms with E-state index in [0.717, 1.165) is 5.56 Å². The molecule has 1 unspecified atom stereocenters. The lowest BCUT2D eigenvalue weighted by atomic mass is 10.1. The molecule has 8 heteroatoms. The summed E-state index contributed by atoms with van der Waals surface area (Å²) in [5, 5.41) is 3.43. The maximum Gasteiger partial charge on any atom is 0.266 e. The number of carbonyl (C=O) groups excluding carboxylic acids is 3. The minimum absolute atomic E-state index is 0.0928. The summed E-state index contributed by atoms with van der Waals surface area (Å²) in [6.07, 6.45) is -0.868. The fourth-order valence-corrected chi connectivity index (χ4v) is 3.37. The maximum absolute atomic E-state index is 13.0. The second kappa shape index (κ2) is 9.63. The van der Waals surface area contributed by atoms with E-state index in [2.05, 4.69) is 5.32 Å². The Morgan fingerprint density at radius 2 is 1.87 bits per heavy atom. The van der Waals surface area contributed by atoms with Crippen LogP contribution >= 0.6 is 11.6 Å². The van der Waals surface area contributed by atoms with Crippen LogP contribution in [0, 0.1) is 0 Å². The van der Waals surface area contributed by atoms with E-state index in [1.54, 1.807) is 37.3 Å². The van der Waals surface area contributed by atoms with Gasteiger partial charge in [-0.25, -0.2) is 0 Å². The number of nitrogens with zero attached hydrogens (tertiary/aromatic N) is 2. The number of fused-ring (bicyclic) bond motifs is 1. The van der Waals surface area contributed by atoms with Crippen LogP contribution in [0.1, 0.15) is 19.4 Å². The van der Waals surface area contributed by atoms with Crippen LogP contribution in [0.4, 0.5) is 5.69 Å². The van der Waals surface area contributed by atoms with E-state index in [0.29, 0.717) is 29.5 Å². The fourth-order valence-electron chi connectivity index (χ4n) is 3.24. The molecule has 0 saturated heterocycles. The predicted octanol–water partition coefficient (Wildman–Crippen LogP) is 2.62. The van der Waals surface area contributed by atoms with Crippen molar-refractivity contribution in [2.24, 2.45) is 0 Å². The van der Waals surface area contributed by atoms with Gasteiger partial charge in [-0.1, -0.05) is 35.9 Å². The quantitative estimate of drug-likeness (QED) is 0.765. The van der Waals surface area contributed by atoms with Crippen LogP contribution in [0.15, 0.2) is 48.5 Å². The molecular formula is C22H24ClN3O4. The molecule has 3 amide bonds. The lowest BCUT2D eigenvalue weighted by Gasteiger charge is -2.35. The van der Waals surface area contributed by atoms with Gasteiger partial charge in [0.05, 0.1) is 18.8 Å². The predicted molar refractivity (Wildman–Crippen MR) is 114 cm³/mol. The number of nitrogens with one attached hydrogen (secondary N) is 1. The smallest absolute Gasteiger partial charge is 0.266 e. The average molecular weight is 430 g/mol. The van der Waals surface area contributed by atoms with Crippen molar-refractivity contribution >= 4 is 35.0 Å². The zero-order chi connectivity index (χ0) is 21.7. The number of hydrogen-bond acceptors (Lipinski definition) is 4. The Kier molecular flexibility index (Phi) is 6.95. The first-order valence-corrected chi connectivity index (χ1v) is 10.1. The third-order valence-electron chi connectivity index (χ3n) is 4.86. The molecule has 0 aromatic heterocycles. The number of halogens is 1. The van der Waals surface area contributed by atoms with Crippen molar-refractivity contribution in [3.05, 3.63) is 59.1 Å². The van der Waals surface area contributed by atoms with Crippen molar-refractivity contribution < 1.29 is 19.1 Å². The van der Waals surface area contributed by atoms with E-state index in [-0.39, 0.29) is 30.8 Å². The number of likely N-dealkylation sites (N-methyl/N-ethyl adjacent to an activating group) is 1. The number of rotatable bonds is 6. The zero-order valence-electron chi connectivity index (χ0n) is 16.9. The molecule has 7 nitrogen and oxygen atoms in total. The molecule has 0 spiro atoms. The minimum Gasteiger partial charge on any atom is -0.476 e. The normalized spacial score (nSPS) is 15.0. The SMILES string of the molecule is CCN(CC(=O)NCc1ccc(Cl)cc1)C(=O)C1CN(C(C)=O)c2ccccc2O1. The first kappa shape index (κ1) is 21.6. The summed E-state index contributed by atoms with van der Waals surface area (Å²) in [6, 6.07) is 14.3. The van der Waals surface area contributed by atoms with Crippen molar-refractivity contribution in [3.8, 4) is 5.75 Å². The van der Waals surface area contributed by atoms with Crippen molar-refractivity contribution in [2.75, 3.05) is 24.5 Å². The van der Waals surface area contributed by atoms with Crippen LogP contribution in [0.2, 0.25) is 5.02 Å². The van der Waals surface area contributed by atoms with Crippen LogP contribution < -0.4 is 15.0 Å². The first-order valence-electron chi connectivity index (χ1n) is 9.72. The van der Waals surface area contributed by atoms with E-state index in [1.165, 1.54) is 16.7 Å². The van der Waals surface area contributed by atoms with E-state index in [9.17, 15) is 14.4 Å². The fraction of sp³-hybridized carbons (Fsp3) is 0.318. The Morgan fingerprint density at radius 3 is 2.53 bits per heavy atom. The monoisotopic (exact) mass is 429 g/mol. The van der Waals surface area contributed by atoms with E-state index in [1.807, 2.05) is 18.2 Å². The van der Waals surface area contributed by atoms with Gasteiger partial charge >= 0.3 is 0 Å². The van der Waals surface area contributed by atoms with Crippen LogP contribution in [0.5, 0.6) is 5.75 Å². The molecule has 0 bridgehead atoms. The van der Waals surface area contributed by atoms with Gasteiger partial charge in [-0.2, -0.15) is 0 Å². The van der Waals surface area contributed by atoms with Crippen molar-refractivity contribution in [2.45, 2.75) is 26.5 Å². The molecular weight excluding hydrogens is 406 g/mol. The van der Waals surface area contributed by atoms with E-state index >= 15 is 0 Å². The van der Waals surface area contributed by atoms with Crippen LogP contribution in [0.3, 0.4) is 0 Å². The van der Waals surface area contributed by atoms with Gasteiger partial charge in [0.1, 0.15) is 5.75 Å². The molecule has 0 saturated carbocycles. The van der Waals surface area contributed by atoms with Gasteiger partial charge in [-0.3, -0.25) is 14.4 Å². The Hall–Kier alpha value is -3.06. The molecule has 2 aromatic rings. The summed E-state index contributed by atoms with van der Waals surface area (Å²) in [7, 11) is 0. The number of amides is 3. The van der Waals surface area contributed by atoms with Gasteiger partial charge in [0.2, 0.25) is 11.8 Å². The molecule has 1 aliphatic heterocycles. The molecule has 2 aromatic carbocycles. The number of para-hydroxylation sites is 2. The molecule has 1 aliphatic rings. The van der Waals surface area contributed by atoms with Gasteiger partial charge in [-0.05, 0) is 36.8 Å². The van der Waals surface area contributed by atoms with Crippen LogP contribution in [-0.2, 0) is 20.9 Å². The Bertz CT molecular complexity index is 932. The highest BCUT2D eigenvalue weighted by Crippen LogP contribution is 2.33. The third-order valence-corrected chi connectivity index (χ3v) is 5.11. The Balaban J connectivity index is 1.63. The standard InChI is InChI=1S/C22H24ClN3O4/c1-3-25(14-21(28)24-12-16-8-10-17(23)11-9-16)22(29)20-13-26(15(2)27)18-6-4-5-7-19(18)30-20/h4-11,20H,3,12-14H2,1-2H3,(H,24,28). The van der Waals surface area contributed by atoms with Crippen LogP contribution in [0.25, 0.3) is 0 Å². The maximum atomic E-state index is 13.0. The van der Waals surface area contributed by atoms with E-state index < -0.39 is 6.10 Å². The molecule has 1 N–H and O–H groups in total. The molecule has 0 radical (unpaired) electrons. The molecule has 30 heavy (non-hydrogen) atoms. The molecule has 1 atom stereocenters. The third kappa shape index (κ3) is 5.10. The number of anilines is 1. The number of hydrogen-bond donors (Lipinski definition) is 1. The molecule has 0 fully saturated rings. The van der Waals surface area contributed by atoms with Gasteiger partial charge in [-0.15, -0.1) is 0 Å². The van der Waals surface area contributed by atoms with Crippen LogP contribution in [-0.4, -0.2) is 48.4 Å². The highest BCUT2D eigenvalue weighted by molar-refractivity contribution is 6.30. The number of ether oxygens (including phenoxy) is 1. The lowest BCUT2D eigenvalue weighted by Crippen LogP contribution is -2.53. The van der Waals surface area contributed by atoms with Gasteiger partial charge in [0, 0.05) is 25.0 Å². The second-order valence-electron chi connectivity index (χ2n) is 6.96. The molecule has 3 rings (SSSR count). The lowest BCUT2D eigenvalue weighted by molar-refractivity contribution is -0.142. The highest BCUT2D eigenvalue weighted by Gasteiger charge is 2.35. The minimum atomic E-state index is -0.868. The summed E-state index contributed by atoms with van der Waals surface area (Å²) in [6.45, 7) is 3.94. The summed E-state index contributed by atoms with van der Waals surface area (Å²) in [5.74, 6) is -0.312. The highest BCUT2D eigenvalue weighted by atomic mass is 35.5. The number of carbonyl (C=O) groups is 3. The van der Waals surface area contributed by atoms with E-state index in [4.69, 9.17) is 16.3 Å². The number of benzene rings is 2. The largest absolute Gasteiger partial charge is 0.476 e. The Labute approximate surface area is 180 Å². The molecule has 1 heterocycles. The second-order valence-corrected chi connectivity index (χ2v) is 7.40. The van der Waals surface area contributed by atoms with Crippen molar-refractivity contribution in [1.29, 1.82) is 0 Å². The Morgan fingerprint density at radius 1 is 1.17 bits per heavy atom. The molecule has 158 valence electrons. The average Bonchev–Trinajstić information content (AvgIpc) is 2.75. The summed E-state index contributed by atoms with van der Waals surface area (Å²) in [4.78, 5) is 40.4. The van der Waals surface area contributed by atoms with Gasteiger partial charge in [0.25, 0.3) is 5.91 Å². The van der Waals surface area contributed by atoms with Gasteiger partial charge < -0.3 is 19.9 Å².